The van der Waals surface area contributed by atoms with Crippen LogP contribution in [0.25, 0.3) is 0 Å². The van der Waals surface area contributed by atoms with Gasteiger partial charge in [-0.05, 0) is 24.2 Å². The Balaban J connectivity index is 2.52. The van der Waals surface area contributed by atoms with Gasteiger partial charge in [0, 0.05) is 5.41 Å². The molecule has 0 aromatic carbocycles. The number of Topliss-reactive ketones (excluding diaryl/α,β-unsaturated/α-hetero) is 1. The lowest BCUT2D eigenvalue weighted by Crippen LogP contribution is -2.33. The van der Waals surface area contributed by atoms with Crippen LogP contribution >= 0.6 is 0 Å². The first-order chi connectivity index (χ1) is 5.95. The normalized spacial score (nSPS) is 46.5. The van der Waals surface area contributed by atoms with Gasteiger partial charge < -0.3 is 0 Å². The predicted molar refractivity (Wildman–Crippen MR) is 48.7 cm³/mol. The Bertz CT molecular complexity index is 313. The van der Waals surface area contributed by atoms with E-state index in [4.69, 9.17) is 5.26 Å². The van der Waals surface area contributed by atoms with Crippen molar-refractivity contribution >= 4 is 5.78 Å². The topological polar surface area (TPSA) is 40.9 Å². The number of carbonyl (C=O) groups is 1. The van der Waals surface area contributed by atoms with Crippen LogP contribution in [0, 0.1) is 34.0 Å². The van der Waals surface area contributed by atoms with E-state index >= 15 is 0 Å². The van der Waals surface area contributed by atoms with Gasteiger partial charge in [-0.1, -0.05) is 20.8 Å². The molecule has 0 spiro atoms. The minimum atomic E-state index is -0.325. The number of hydrogen-bond acceptors (Lipinski definition) is 2. The highest BCUT2D eigenvalue weighted by Crippen LogP contribution is 2.65. The number of ketones is 1. The SMILES string of the molecule is CC1(C)[C@@H]2CC[C@@]1(C)C(=O)[C@H]2C#N. The zero-order valence-electron chi connectivity index (χ0n) is 8.42. The summed E-state index contributed by atoms with van der Waals surface area (Å²) in [5, 5.41) is 8.93. The van der Waals surface area contributed by atoms with Gasteiger partial charge in [-0.15, -0.1) is 0 Å². The van der Waals surface area contributed by atoms with E-state index < -0.39 is 0 Å². The minimum absolute atomic E-state index is 0.0322. The van der Waals surface area contributed by atoms with Crippen molar-refractivity contribution in [3.8, 4) is 6.07 Å². The zero-order valence-corrected chi connectivity index (χ0v) is 8.42. The molecule has 2 bridgehead atoms. The van der Waals surface area contributed by atoms with Crippen molar-refractivity contribution < 1.29 is 4.79 Å². The number of nitriles is 1. The van der Waals surface area contributed by atoms with Crippen molar-refractivity contribution in [2.24, 2.45) is 22.7 Å². The van der Waals surface area contributed by atoms with Gasteiger partial charge in [0.2, 0.25) is 0 Å². The molecular formula is C11H15NO. The van der Waals surface area contributed by atoms with Gasteiger partial charge in [0.05, 0.1) is 6.07 Å². The molecule has 2 aliphatic rings. The third-order valence-corrected chi connectivity index (χ3v) is 4.67. The van der Waals surface area contributed by atoms with Crippen LogP contribution in [0.2, 0.25) is 0 Å². The third-order valence-electron chi connectivity index (χ3n) is 4.67. The molecule has 2 fully saturated rings. The van der Waals surface area contributed by atoms with Crippen molar-refractivity contribution in [2.75, 3.05) is 0 Å². The zero-order chi connectivity index (χ0) is 9.85. The van der Waals surface area contributed by atoms with Crippen molar-refractivity contribution in [3.05, 3.63) is 0 Å². The summed E-state index contributed by atoms with van der Waals surface area (Å²) in [6.07, 6.45) is 2.02. The molecule has 2 heteroatoms. The highest BCUT2D eigenvalue weighted by Gasteiger charge is 2.66. The summed E-state index contributed by atoms with van der Waals surface area (Å²) in [7, 11) is 0. The summed E-state index contributed by atoms with van der Waals surface area (Å²) in [5.74, 6) is 0.167. The highest BCUT2D eigenvalue weighted by molar-refractivity contribution is 5.93. The number of carbonyl (C=O) groups excluding carboxylic acids is 1. The Morgan fingerprint density at radius 3 is 2.38 bits per heavy atom. The van der Waals surface area contributed by atoms with E-state index in [-0.39, 0.29) is 22.5 Å². The predicted octanol–water partition coefficient (Wildman–Crippen LogP) is 2.15. The quantitative estimate of drug-likeness (QED) is 0.569. The molecule has 2 saturated carbocycles. The number of hydrogen-bond donors (Lipinski definition) is 0. The van der Waals surface area contributed by atoms with E-state index in [9.17, 15) is 4.79 Å². The van der Waals surface area contributed by atoms with Gasteiger partial charge in [0.25, 0.3) is 0 Å². The minimum Gasteiger partial charge on any atom is -0.298 e. The molecule has 0 aromatic heterocycles. The Morgan fingerprint density at radius 2 is 2.08 bits per heavy atom. The van der Waals surface area contributed by atoms with E-state index in [0.29, 0.717) is 5.92 Å². The summed E-state index contributed by atoms with van der Waals surface area (Å²) >= 11 is 0. The second-order valence-electron chi connectivity index (χ2n) is 5.17. The number of fused-ring (bicyclic) bond motifs is 2. The summed E-state index contributed by atoms with van der Waals surface area (Å²) in [4.78, 5) is 11.9. The van der Waals surface area contributed by atoms with Crippen LogP contribution in [0.15, 0.2) is 0 Å². The maximum Gasteiger partial charge on any atom is 0.156 e. The lowest BCUT2D eigenvalue weighted by Gasteiger charge is -2.32. The summed E-state index contributed by atoms with van der Waals surface area (Å²) in [6, 6.07) is 2.18. The van der Waals surface area contributed by atoms with Gasteiger partial charge in [-0.25, -0.2) is 0 Å². The average molecular weight is 177 g/mol. The van der Waals surface area contributed by atoms with E-state index in [1.807, 2.05) is 6.92 Å². The molecule has 0 saturated heterocycles. The molecule has 0 aliphatic heterocycles. The van der Waals surface area contributed by atoms with Gasteiger partial charge in [0.1, 0.15) is 5.92 Å². The van der Waals surface area contributed by atoms with Crippen molar-refractivity contribution in [1.29, 1.82) is 5.26 Å². The van der Waals surface area contributed by atoms with Gasteiger partial charge >= 0.3 is 0 Å². The molecule has 0 N–H and O–H groups in total. The molecule has 13 heavy (non-hydrogen) atoms. The fraction of sp³-hybridized carbons (Fsp3) is 0.818. The maximum atomic E-state index is 11.9. The van der Waals surface area contributed by atoms with Crippen LogP contribution in [0.3, 0.4) is 0 Å². The lowest BCUT2D eigenvalue weighted by molar-refractivity contribution is -0.130. The molecule has 2 rings (SSSR count). The fourth-order valence-corrected chi connectivity index (χ4v) is 3.23. The van der Waals surface area contributed by atoms with Gasteiger partial charge in [0.15, 0.2) is 5.78 Å². The third kappa shape index (κ3) is 0.716. The molecule has 70 valence electrons. The largest absolute Gasteiger partial charge is 0.298 e. The average Bonchev–Trinajstić information content (AvgIpc) is 2.36. The Labute approximate surface area is 78.9 Å². The molecule has 0 heterocycles. The lowest BCUT2D eigenvalue weighted by atomic mass is 9.70. The van der Waals surface area contributed by atoms with Crippen LogP contribution in [-0.4, -0.2) is 5.78 Å². The summed E-state index contributed by atoms with van der Waals surface area (Å²) in [5.41, 5.74) is -0.192. The maximum absolute atomic E-state index is 11.9. The molecule has 2 aliphatic carbocycles. The monoisotopic (exact) mass is 177 g/mol. The van der Waals surface area contributed by atoms with E-state index in [1.54, 1.807) is 0 Å². The molecule has 3 atom stereocenters. The highest BCUT2D eigenvalue weighted by atomic mass is 16.1. The van der Waals surface area contributed by atoms with Gasteiger partial charge in [-0.3, -0.25) is 4.79 Å². The summed E-state index contributed by atoms with van der Waals surface area (Å²) in [6.45, 7) is 6.31. The Kier molecular flexibility index (Phi) is 1.44. The van der Waals surface area contributed by atoms with Crippen LogP contribution in [-0.2, 0) is 4.79 Å². The van der Waals surface area contributed by atoms with Crippen molar-refractivity contribution in [2.45, 2.75) is 33.6 Å². The fourth-order valence-electron chi connectivity index (χ4n) is 3.23. The molecule has 0 amide bonds. The Morgan fingerprint density at radius 1 is 1.46 bits per heavy atom. The molecule has 0 aromatic rings. The first-order valence-corrected chi connectivity index (χ1v) is 4.89. The van der Waals surface area contributed by atoms with Crippen molar-refractivity contribution in [1.82, 2.24) is 0 Å². The number of rotatable bonds is 0. The van der Waals surface area contributed by atoms with Gasteiger partial charge in [-0.2, -0.15) is 5.26 Å². The molecule has 0 unspecified atom stereocenters. The van der Waals surface area contributed by atoms with Crippen LogP contribution < -0.4 is 0 Å². The summed E-state index contributed by atoms with van der Waals surface area (Å²) < 4.78 is 0. The first-order valence-electron chi connectivity index (χ1n) is 4.89. The van der Waals surface area contributed by atoms with Crippen LogP contribution in [0.1, 0.15) is 33.6 Å². The Hall–Kier alpha value is -0.840. The molecule has 2 nitrogen and oxygen atoms in total. The molecular weight excluding hydrogens is 162 g/mol. The van der Waals surface area contributed by atoms with E-state index in [1.165, 1.54) is 0 Å². The van der Waals surface area contributed by atoms with E-state index in [2.05, 4.69) is 19.9 Å². The smallest absolute Gasteiger partial charge is 0.156 e. The van der Waals surface area contributed by atoms with Crippen LogP contribution in [0.4, 0.5) is 0 Å². The van der Waals surface area contributed by atoms with Crippen LogP contribution in [0.5, 0.6) is 0 Å². The second kappa shape index (κ2) is 2.15. The number of nitrogens with zero attached hydrogens (tertiary/aromatic N) is 1. The standard InChI is InChI=1S/C11H15NO/c1-10(2)8-4-5-11(10,3)9(13)7(8)6-12/h7-8H,4-5H2,1-3H3/t7-,8+,11-/m0/s1. The van der Waals surface area contributed by atoms with Crippen molar-refractivity contribution in [3.63, 3.8) is 0 Å². The van der Waals surface area contributed by atoms with E-state index in [0.717, 1.165) is 12.8 Å². The first kappa shape index (κ1) is 8.74. The second-order valence-corrected chi connectivity index (χ2v) is 5.17. The molecule has 0 radical (unpaired) electrons.